The van der Waals surface area contributed by atoms with Crippen LogP contribution in [0.5, 0.6) is 0 Å². The van der Waals surface area contributed by atoms with Gasteiger partial charge in [-0.3, -0.25) is 9.78 Å². The summed E-state index contributed by atoms with van der Waals surface area (Å²) in [5, 5.41) is 5.08. The Morgan fingerprint density at radius 2 is 1.93 bits per heavy atom. The van der Waals surface area contributed by atoms with Gasteiger partial charge in [0.15, 0.2) is 0 Å². The van der Waals surface area contributed by atoms with E-state index in [2.05, 4.69) is 21.4 Å². The number of pyridine rings is 1. The highest BCUT2D eigenvalue weighted by Crippen LogP contribution is 2.27. The first-order chi connectivity index (χ1) is 13.1. The highest BCUT2D eigenvalue weighted by Gasteiger charge is 2.09. The van der Waals surface area contributed by atoms with Crippen molar-refractivity contribution in [1.82, 2.24) is 15.3 Å². The Morgan fingerprint density at radius 1 is 1.15 bits per heavy atom. The molecule has 2 aromatic heterocycles. The fraction of sp³-hybridized carbons (Fsp3) is 0.0909. The third-order valence-corrected chi connectivity index (χ3v) is 4.47. The molecule has 2 N–H and O–H groups in total. The first kappa shape index (κ1) is 17.0. The number of aromatic nitrogens is 2. The third kappa shape index (κ3) is 3.58. The number of hydrogen-bond donors (Lipinski definition) is 2. The Bertz CT molecular complexity index is 1160. The molecule has 0 aliphatic carbocycles. The second kappa shape index (κ2) is 7.03. The lowest BCUT2D eigenvalue weighted by Gasteiger charge is -2.05. The van der Waals surface area contributed by atoms with E-state index in [1.807, 2.05) is 31.2 Å². The number of hydrogen-bond acceptors (Lipinski definition) is 2. The molecule has 134 valence electrons. The highest BCUT2D eigenvalue weighted by atomic mass is 19.1. The summed E-state index contributed by atoms with van der Waals surface area (Å²) in [5.74, 6) is -0.525. The van der Waals surface area contributed by atoms with Gasteiger partial charge in [-0.2, -0.15) is 0 Å². The minimum atomic E-state index is -0.300. The van der Waals surface area contributed by atoms with Crippen molar-refractivity contribution >= 4 is 33.8 Å². The Kier molecular flexibility index (Phi) is 4.42. The standard InChI is InChI=1S/C22H18FN3O/c1-14-22-19(18-4-2-3-5-20(18)26-22)12-17(25-14)13-24-21(27)11-8-15-6-9-16(23)10-7-15/h2-12,26H,13H2,1H3,(H,24,27)/b11-8+. The van der Waals surface area contributed by atoms with E-state index in [9.17, 15) is 9.18 Å². The number of para-hydroxylation sites is 1. The normalized spacial score (nSPS) is 11.5. The van der Waals surface area contributed by atoms with Gasteiger partial charge in [0.05, 0.1) is 23.4 Å². The van der Waals surface area contributed by atoms with Crippen molar-refractivity contribution in [3.05, 3.63) is 83.4 Å². The van der Waals surface area contributed by atoms with Crippen LogP contribution in [0.1, 0.15) is 17.0 Å². The van der Waals surface area contributed by atoms with Crippen LogP contribution in [0.25, 0.3) is 27.9 Å². The van der Waals surface area contributed by atoms with Crippen LogP contribution in [0.4, 0.5) is 4.39 Å². The minimum absolute atomic E-state index is 0.224. The van der Waals surface area contributed by atoms with Gasteiger partial charge in [0.2, 0.25) is 5.91 Å². The second-order valence-corrected chi connectivity index (χ2v) is 6.39. The van der Waals surface area contributed by atoms with Crippen molar-refractivity contribution in [1.29, 1.82) is 0 Å². The molecule has 5 heteroatoms. The maximum Gasteiger partial charge on any atom is 0.244 e. The van der Waals surface area contributed by atoms with E-state index in [1.165, 1.54) is 18.2 Å². The van der Waals surface area contributed by atoms with Gasteiger partial charge < -0.3 is 10.3 Å². The van der Waals surface area contributed by atoms with Gasteiger partial charge >= 0.3 is 0 Å². The molecule has 0 saturated carbocycles. The molecule has 0 unspecified atom stereocenters. The number of H-pyrrole nitrogens is 1. The van der Waals surface area contributed by atoms with Gasteiger partial charge in [-0.15, -0.1) is 0 Å². The average Bonchev–Trinajstić information content (AvgIpc) is 3.05. The fourth-order valence-corrected chi connectivity index (χ4v) is 3.14. The number of fused-ring (bicyclic) bond motifs is 3. The molecule has 0 radical (unpaired) electrons. The van der Waals surface area contributed by atoms with Gasteiger partial charge in [0, 0.05) is 22.4 Å². The van der Waals surface area contributed by atoms with Crippen LogP contribution in [0, 0.1) is 12.7 Å². The lowest BCUT2D eigenvalue weighted by Crippen LogP contribution is -2.21. The van der Waals surface area contributed by atoms with E-state index >= 15 is 0 Å². The number of aryl methyl sites for hydroxylation is 1. The van der Waals surface area contributed by atoms with E-state index in [0.29, 0.717) is 6.54 Å². The zero-order valence-electron chi connectivity index (χ0n) is 14.8. The topological polar surface area (TPSA) is 57.8 Å². The van der Waals surface area contributed by atoms with Crippen molar-refractivity contribution < 1.29 is 9.18 Å². The molecule has 0 fully saturated rings. The number of amides is 1. The van der Waals surface area contributed by atoms with E-state index < -0.39 is 0 Å². The van der Waals surface area contributed by atoms with Crippen molar-refractivity contribution in [2.24, 2.45) is 0 Å². The maximum atomic E-state index is 12.9. The number of halogens is 1. The number of benzene rings is 2. The predicted octanol–water partition coefficient (Wildman–Crippen LogP) is 4.49. The number of rotatable bonds is 4. The fourth-order valence-electron chi connectivity index (χ4n) is 3.14. The zero-order chi connectivity index (χ0) is 18.8. The molecule has 4 aromatic rings. The summed E-state index contributed by atoms with van der Waals surface area (Å²) in [6.07, 6.45) is 3.08. The maximum absolute atomic E-state index is 12.9. The third-order valence-electron chi connectivity index (χ3n) is 4.47. The van der Waals surface area contributed by atoms with E-state index in [4.69, 9.17) is 0 Å². The molecule has 0 atom stereocenters. The summed E-state index contributed by atoms with van der Waals surface area (Å²) < 4.78 is 12.9. The Morgan fingerprint density at radius 3 is 2.74 bits per heavy atom. The quantitative estimate of drug-likeness (QED) is 0.527. The molecule has 4 nitrogen and oxygen atoms in total. The molecule has 0 saturated heterocycles. The first-order valence-electron chi connectivity index (χ1n) is 8.68. The van der Waals surface area contributed by atoms with Crippen molar-refractivity contribution in [2.45, 2.75) is 13.5 Å². The smallest absolute Gasteiger partial charge is 0.244 e. The molecule has 1 amide bonds. The molecule has 0 spiro atoms. The largest absolute Gasteiger partial charge is 0.353 e. The molecular formula is C22H18FN3O. The Balaban J connectivity index is 1.50. The Hall–Kier alpha value is -3.47. The van der Waals surface area contributed by atoms with Gasteiger partial charge in [0.1, 0.15) is 5.82 Å². The van der Waals surface area contributed by atoms with E-state index in [-0.39, 0.29) is 11.7 Å². The average molecular weight is 359 g/mol. The molecule has 27 heavy (non-hydrogen) atoms. The van der Waals surface area contributed by atoms with Crippen LogP contribution < -0.4 is 5.32 Å². The van der Waals surface area contributed by atoms with Crippen LogP contribution in [-0.2, 0) is 11.3 Å². The van der Waals surface area contributed by atoms with E-state index in [1.54, 1.807) is 18.2 Å². The zero-order valence-corrected chi connectivity index (χ0v) is 14.8. The van der Waals surface area contributed by atoms with Gasteiger partial charge in [-0.1, -0.05) is 30.3 Å². The number of aromatic amines is 1. The molecule has 2 aromatic carbocycles. The predicted molar refractivity (Wildman–Crippen MR) is 106 cm³/mol. The summed E-state index contributed by atoms with van der Waals surface area (Å²) in [7, 11) is 0. The van der Waals surface area contributed by atoms with Crippen molar-refractivity contribution in [3.63, 3.8) is 0 Å². The van der Waals surface area contributed by atoms with Crippen LogP contribution in [-0.4, -0.2) is 15.9 Å². The number of carbonyl (C=O) groups is 1. The molecule has 0 aliphatic rings. The van der Waals surface area contributed by atoms with Crippen LogP contribution in [0.2, 0.25) is 0 Å². The van der Waals surface area contributed by atoms with Crippen molar-refractivity contribution in [2.75, 3.05) is 0 Å². The summed E-state index contributed by atoms with van der Waals surface area (Å²) in [6.45, 7) is 2.29. The lowest BCUT2D eigenvalue weighted by atomic mass is 10.1. The van der Waals surface area contributed by atoms with Gasteiger partial charge in [-0.25, -0.2) is 4.39 Å². The van der Waals surface area contributed by atoms with Gasteiger partial charge in [-0.05, 0) is 42.8 Å². The first-order valence-corrected chi connectivity index (χ1v) is 8.68. The molecule has 4 rings (SSSR count). The van der Waals surface area contributed by atoms with Gasteiger partial charge in [0.25, 0.3) is 0 Å². The summed E-state index contributed by atoms with van der Waals surface area (Å²) in [5.41, 5.74) is 4.55. The summed E-state index contributed by atoms with van der Waals surface area (Å²) in [6, 6.07) is 16.1. The summed E-state index contributed by atoms with van der Waals surface area (Å²) in [4.78, 5) is 20.0. The number of nitrogens with zero attached hydrogens (tertiary/aromatic N) is 1. The highest BCUT2D eigenvalue weighted by molar-refractivity contribution is 6.07. The van der Waals surface area contributed by atoms with E-state index in [0.717, 1.165) is 38.8 Å². The Labute approximate surface area is 155 Å². The molecule has 0 bridgehead atoms. The van der Waals surface area contributed by atoms with Crippen molar-refractivity contribution in [3.8, 4) is 0 Å². The summed E-state index contributed by atoms with van der Waals surface area (Å²) >= 11 is 0. The molecule has 2 heterocycles. The number of nitrogens with one attached hydrogen (secondary N) is 2. The SMILES string of the molecule is Cc1nc(CNC(=O)/C=C/c2ccc(F)cc2)cc2c1[nH]c1ccccc12. The minimum Gasteiger partial charge on any atom is -0.353 e. The second-order valence-electron chi connectivity index (χ2n) is 6.39. The lowest BCUT2D eigenvalue weighted by molar-refractivity contribution is -0.116. The van der Waals surface area contributed by atoms with Crippen LogP contribution in [0.3, 0.4) is 0 Å². The molecular weight excluding hydrogens is 341 g/mol. The molecule has 0 aliphatic heterocycles. The number of carbonyl (C=O) groups excluding carboxylic acids is 1. The monoisotopic (exact) mass is 359 g/mol. The van der Waals surface area contributed by atoms with Crippen LogP contribution in [0.15, 0.2) is 60.7 Å². The van der Waals surface area contributed by atoms with Crippen LogP contribution >= 0.6 is 0 Å².